The highest BCUT2D eigenvalue weighted by molar-refractivity contribution is 6.13. The Hall–Kier alpha value is -3.73. The second kappa shape index (κ2) is 11.3. The van der Waals surface area contributed by atoms with E-state index in [0.717, 1.165) is 24.8 Å². The Morgan fingerprint density at radius 3 is 2.21 bits per heavy atom. The molecule has 1 fully saturated rings. The maximum atomic E-state index is 14.4. The summed E-state index contributed by atoms with van der Waals surface area (Å²) < 4.78 is 0. The molecule has 5 heteroatoms. The van der Waals surface area contributed by atoms with Gasteiger partial charge in [0.25, 0.3) is 5.91 Å². The van der Waals surface area contributed by atoms with E-state index in [1.54, 1.807) is 17.0 Å². The average Bonchev–Trinajstić information content (AvgIpc) is 3.47. The maximum Gasteiger partial charge on any atom is 0.255 e. The fraction of sp³-hybridized carbons (Fsp3) is 0.364. The molecule has 1 spiro atoms. The predicted molar refractivity (Wildman–Crippen MR) is 150 cm³/mol. The number of carbonyl (C=O) groups is 3. The number of fused-ring (bicyclic) bond motifs is 2. The Morgan fingerprint density at radius 2 is 1.47 bits per heavy atom. The molecular formula is C33H36N2O3. The van der Waals surface area contributed by atoms with Crippen LogP contribution < -0.4 is 5.32 Å². The number of unbranched alkanes of at least 4 members (excludes halogenated alkanes) is 5. The van der Waals surface area contributed by atoms with E-state index in [0.29, 0.717) is 29.8 Å². The van der Waals surface area contributed by atoms with Crippen molar-refractivity contribution in [1.29, 1.82) is 0 Å². The molecule has 0 saturated carbocycles. The molecule has 2 aliphatic rings. The summed E-state index contributed by atoms with van der Waals surface area (Å²) >= 11 is 0. The van der Waals surface area contributed by atoms with E-state index in [1.165, 1.54) is 19.3 Å². The van der Waals surface area contributed by atoms with Crippen molar-refractivity contribution in [3.05, 3.63) is 102 Å². The Labute approximate surface area is 225 Å². The second-order valence-electron chi connectivity index (χ2n) is 10.5. The number of Topliss-reactive ketones (excluding diaryl/α,β-unsaturated/α-hetero) is 1. The summed E-state index contributed by atoms with van der Waals surface area (Å²) in [5.74, 6) is -1.51. The first-order chi connectivity index (χ1) is 18.6. The number of hydrogen-bond donors (Lipinski definition) is 1. The summed E-state index contributed by atoms with van der Waals surface area (Å²) in [6, 6.07) is 26.6. The number of ketones is 1. The van der Waals surface area contributed by atoms with Crippen molar-refractivity contribution in [1.82, 2.24) is 4.90 Å². The fourth-order valence-corrected chi connectivity index (χ4v) is 6.39. The van der Waals surface area contributed by atoms with Gasteiger partial charge in [0.1, 0.15) is 0 Å². The maximum absolute atomic E-state index is 14.4. The molecule has 1 N–H and O–H groups in total. The zero-order valence-corrected chi connectivity index (χ0v) is 22.1. The summed E-state index contributed by atoms with van der Waals surface area (Å²) in [4.78, 5) is 44.1. The first-order valence-corrected chi connectivity index (χ1v) is 13.9. The third kappa shape index (κ3) is 4.55. The Bertz CT molecular complexity index is 1290. The van der Waals surface area contributed by atoms with Crippen LogP contribution in [-0.2, 0) is 15.1 Å². The largest absolute Gasteiger partial charge is 0.323 e. The fourth-order valence-electron chi connectivity index (χ4n) is 6.39. The van der Waals surface area contributed by atoms with Gasteiger partial charge in [-0.1, -0.05) is 118 Å². The first-order valence-electron chi connectivity index (χ1n) is 13.9. The smallest absolute Gasteiger partial charge is 0.255 e. The van der Waals surface area contributed by atoms with Gasteiger partial charge in [0, 0.05) is 35.7 Å². The van der Waals surface area contributed by atoms with Crippen molar-refractivity contribution in [2.75, 3.05) is 11.9 Å². The third-order valence-electron chi connectivity index (χ3n) is 8.20. The van der Waals surface area contributed by atoms with Crippen LogP contribution in [0.5, 0.6) is 0 Å². The van der Waals surface area contributed by atoms with Crippen molar-refractivity contribution < 1.29 is 14.4 Å². The zero-order chi connectivity index (χ0) is 26.5. The molecule has 0 aromatic heterocycles. The van der Waals surface area contributed by atoms with E-state index in [-0.39, 0.29) is 23.5 Å². The molecule has 0 bridgehead atoms. The lowest BCUT2D eigenvalue weighted by molar-refractivity contribution is -0.143. The predicted octanol–water partition coefficient (Wildman–Crippen LogP) is 6.71. The van der Waals surface area contributed by atoms with Crippen LogP contribution in [0.2, 0.25) is 0 Å². The van der Waals surface area contributed by atoms with Gasteiger partial charge < -0.3 is 10.2 Å². The van der Waals surface area contributed by atoms with Crippen molar-refractivity contribution >= 4 is 23.3 Å². The average molecular weight is 509 g/mol. The topological polar surface area (TPSA) is 66.5 Å². The molecule has 1 saturated heterocycles. The minimum Gasteiger partial charge on any atom is -0.323 e. The van der Waals surface area contributed by atoms with E-state index in [1.807, 2.05) is 72.8 Å². The van der Waals surface area contributed by atoms with Crippen molar-refractivity contribution in [2.24, 2.45) is 5.92 Å². The molecular weight excluding hydrogens is 472 g/mol. The number of para-hydroxylation sites is 1. The number of benzene rings is 3. The van der Waals surface area contributed by atoms with Gasteiger partial charge in [0.2, 0.25) is 5.91 Å². The first kappa shape index (κ1) is 25.9. The number of carbonyl (C=O) groups excluding carboxylic acids is 3. The normalized spacial score (nSPS) is 21.9. The summed E-state index contributed by atoms with van der Waals surface area (Å²) in [5.41, 5.74) is 1.53. The van der Waals surface area contributed by atoms with E-state index in [4.69, 9.17) is 0 Å². The van der Waals surface area contributed by atoms with Gasteiger partial charge >= 0.3 is 0 Å². The van der Waals surface area contributed by atoms with Crippen molar-refractivity contribution in [3.63, 3.8) is 0 Å². The molecule has 3 aromatic rings. The molecule has 5 nitrogen and oxygen atoms in total. The van der Waals surface area contributed by atoms with E-state index in [9.17, 15) is 14.4 Å². The number of hydrogen-bond acceptors (Lipinski definition) is 3. The van der Waals surface area contributed by atoms with Crippen LogP contribution in [0.25, 0.3) is 0 Å². The number of nitrogens with zero attached hydrogens (tertiary/aromatic N) is 1. The standard InChI is InChI=1S/C33H36N2O3/c1-2-3-4-5-6-13-22-29(36)35-23-26(24-16-9-7-10-17-24)30(31(37)25-18-11-8-12-19-25)33(35)27-20-14-15-21-28(27)34-32(33)38/h7-12,14-21,26,30H,2-6,13,22-23H2,1H3,(H,34,38). The summed E-state index contributed by atoms with van der Waals surface area (Å²) in [6.07, 6.45) is 6.82. The van der Waals surface area contributed by atoms with Gasteiger partial charge in [-0.15, -0.1) is 0 Å². The van der Waals surface area contributed by atoms with Gasteiger partial charge in [-0.05, 0) is 18.1 Å². The van der Waals surface area contributed by atoms with E-state index < -0.39 is 11.5 Å². The van der Waals surface area contributed by atoms with Crippen LogP contribution in [0.1, 0.15) is 79.3 Å². The highest BCUT2D eigenvalue weighted by Crippen LogP contribution is 2.56. The lowest BCUT2D eigenvalue weighted by atomic mass is 9.70. The molecule has 0 aliphatic carbocycles. The lowest BCUT2D eigenvalue weighted by Crippen LogP contribution is -2.54. The summed E-state index contributed by atoms with van der Waals surface area (Å²) in [6.45, 7) is 2.51. The van der Waals surface area contributed by atoms with Crippen LogP contribution >= 0.6 is 0 Å². The monoisotopic (exact) mass is 508 g/mol. The van der Waals surface area contributed by atoms with Crippen molar-refractivity contribution in [3.8, 4) is 0 Å². The second-order valence-corrected chi connectivity index (χ2v) is 10.5. The molecule has 2 amide bonds. The van der Waals surface area contributed by atoms with Crippen LogP contribution in [0, 0.1) is 5.92 Å². The van der Waals surface area contributed by atoms with Crippen molar-refractivity contribution in [2.45, 2.75) is 63.3 Å². The number of rotatable bonds is 10. The van der Waals surface area contributed by atoms with Crippen LogP contribution in [0.3, 0.4) is 0 Å². The molecule has 0 radical (unpaired) electrons. The molecule has 2 heterocycles. The Kier molecular flexibility index (Phi) is 7.73. The minimum absolute atomic E-state index is 0.0587. The van der Waals surface area contributed by atoms with Gasteiger partial charge in [-0.3, -0.25) is 14.4 Å². The molecule has 3 unspecified atom stereocenters. The number of likely N-dealkylation sites (tertiary alicyclic amines) is 1. The number of amides is 2. The molecule has 3 aromatic carbocycles. The molecule has 38 heavy (non-hydrogen) atoms. The summed E-state index contributed by atoms with van der Waals surface area (Å²) in [5, 5.41) is 3.03. The zero-order valence-electron chi connectivity index (χ0n) is 22.1. The number of anilines is 1. The van der Waals surface area contributed by atoms with Gasteiger partial charge in [-0.25, -0.2) is 0 Å². The third-order valence-corrected chi connectivity index (χ3v) is 8.20. The molecule has 3 atom stereocenters. The molecule has 196 valence electrons. The highest BCUT2D eigenvalue weighted by Gasteiger charge is 2.66. The van der Waals surface area contributed by atoms with Crippen LogP contribution in [0.15, 0.2) is 84.9 Å². The van der Waals surface area contributed by atoms with E-state index >= 15 is 0 Å². The molecule has 5 rings (SSSR count). The number of nitrogens with one attached hydrogen (secondary N) is 1. The van der Waals surface area contributed by atoms with Crippen LogP contribution in [-0.4, -0.2) is 29.0 Å². The summed E-state index contributed by atoms with van der Waals surface area (Å²) in [7, 11) is 0. The Morgan fingerprint density at radius 1 is 0.842 bits per heavy atom. The minimum atomic E-state index is -1.39. The van der Waals surface area contributed by atoms with Crippen LogP contribution in [0.4, 0.5) is 5.69 Å². The van der Waals surface area contributed by atoms with E-state index in [2.05, 4.69) is 12.2 Å². The van der Waals surface area contributed by atoms with Gasteiger partial charge in [0.05, 0.1) is 5.92 Å². The highest BCUT2D eigenvalue weighted by atomic mass is 16.2. The molecule has 2 aliphatic heterocycles. The Balaban J connectivity index is 1.59. The quantitative estimate of drug-likeness (QED) is 0.244. The lowest BCUT2D eigenvalue weighted by Gasteiger charge is -2.37. The van der Waals surface area contributed by atoms with Gasteiger partial charge in [0.15, 0.2) is 11.3 Å². The SMILES string of the molecule is CCCCCCCCC(=O)N1CC(c2ccccc2)C(C(=O)c2ccccc2)C12C(=O)Nc1ccccc12. The van der Waals surface area contributed by atoms with Gasteiger partial charge in [-0.2, -0.15) is 0 Å².